The molecule has 7 heteroatoms. The molecular formula is C20H25N3O3S. The third-order valence-electron chi connectivity index (χ3n) is 4.68. The number of benzene rings is 1. The van der Waals surface area contributed by atoms with E-state index in [1.54, 1.807) is 30.3 Å². The van der Waals surface area contributed by atoms with Gasteiger partial charge in [-0.3, -0.25) is 14.5 Å². The Labute approximate surface area is 163 Å². The topological polar surface area (TPSA) is 70.7 Å². The van der Waals surface area contributed by atoms with E-state index in [0.717, 1.165) is 26.3 Å². The number of carbonyl (C=O) groups is 2. The first-order valence-corrected chi connectivity index (χ1v) is 9.89. The van der Waals surface area contributed by atoms with Gasteiger partial charge >= 0.3 is 0 Å². The first-order chi connectivity index (χ1) is 13.0. The average Bonchev–Trinajstić information content (AvgIpc) is 3.22. The van der Waals surface area contributed by atoms with E-state index in [1.807, 2.05) is 11.4 Å². The second kappa shape index (κ2) is 8.65. The highest BCUT2D eigenvalue weighted by Crippen LogP contribution is 2.17. The third-order valence-corrected chi connectivity index (χ3v) is 5.54. The first-order valence-electron chi connectivity index (χ1n) is 9.02. The zero-order valence-electron chi connectivity index (χ0n) is 15.7. The van der Waals surface area contributed by atoms with Crippen LogP contribution in [-0.4, -0.2) is 55.1 Å². The Morgan fingerprint density at radius 2 is 1.93 bits per heavy atom. The molecule has 1 aromatic heterocycles. The minimum Gasteiger partial charge on any atom is -0.379 e. The van der Waals surface area contributed by atoms with E-state index in [-0.39, 0.29) is 17.4 Å². The SMILES string of the molecule is CC(C)(CNC(=O)c1cccc(NC(=O)c2cccs2)c1)N1CCOCC1. The lowest BCUT2D eigenvalue weighted by molar-refractivity contribution is -0.00923. The van der Waals surface area contributed by atoms with Crippen LogP contribution in [0.1, 0.15) is 33.9 Å². The fourth-order valence-electron chi connectivity index (χ4n) is 3.02. The normalized spacial score (nSPS) is 15.3. The molecule has 1 aromatic carbocycles. The van der Waals surface area contributed by atoms with Gasteiger partial charge in [0.15, 0.2) is 0 Å². The lowest BCUT2D eigenvalue weighted by Gasteiger charge is -2.40. The van der Waals surface area contributed by atoms with Crippen LogP contribution in [0.5, 0.6) is 0 Å². The third kappa shape index (κ3) is 5.15. The Hall–Kier alpha value is -2.22. The largest absolute Gasteiger partial charge is 0.379 e. The van der Waals surface area contributed by atoms with Crippen molar-refractivity contribution in [2.75, 3.05) is 38.2 Å². The van der Waals surface area contributed by atoms with Crippen LogP contribution < -0.4 is 10.6 Å². The van der Waals surface area contributed by atoms with Crippen molar-refractivity contribution >= 4 is 28.8 Å². The summed E-state index contributed by atoms with van der Waals surface area (Å²) in [5.41, 5.74) is 0.981. The van der Waals surface area contributed by atoms with Gasteiger partial charge in [0, 0.05) is 36.4 Å². The van der Waals surface area contributed by atoms with Gasteiger partial charge in [-0.05, 0) is 43.5 Å². The smallest absolute Gasteiger partial charge is 0.265 e. The number of anilines is 1. The van der Waals surface area contributed by atoms with Crippen LogP contribution >= 0.6 is 11.3 Å². The molecule has 0 spiro atoms. The van der Waals surface area contributed by atoms with Crippen LogP contribution in [0.3, 0.4) is 0 Å². The Morgan fingerprint density at radius 1 is 1.15 bits per heavy atom. The molecule has 2 heterocycles. The summed E-state index contributed by atoms with van der Waals surface area (Å²) >= 11 is 1.38. The van der Waals surface area contributed by atoms with Crippen molar-refractivity contribution in [3.05, 3.63) is 52.2 Å². The zero-order valence-corrected chi connectivity index (χ0v) is 16.5. The molecule has 3 rings (SSSR count). The second-order valence-electron chi connectivity index (χ2n) is 7.11. The quantitative estimate of drug-likeness (QED) is 0.800. The molecule has 0 radical (unpaired) electrons. The summed E-state index contributed by atoms with van der Waals surface area (Å²) in [6.07, 6.45) is 0. The Morgan fingerprint density at radius 3 is 2.63 bits per heavy atom. The molecule has 0 bridgehead atoms. The maximum absolute atomic E-state index is 12.6. The summed E-state index contributed by atoms with van der Waals surface area (Å²) in [4.78, 5) is 27.7. The maximum atomic E-state index is 12.6. The fourth-order valence-corrected chi connectivity index (χ4v) is 3.64. The summed E-state index contributed by atoms with van der Waals surface area (Å²) < 4.78 is 5.40. The standard InChI is InChI=1S/C20H25N3O3S/c1-20(2,23-8-10-26-11-9-23)14-21-18(24)15-5-3-6-16(13-15)22-19(25)17-7-4-12-27-17/h3-7,12-13H,8-11,14H2,1-2H3,(H,21,24)(H,22,25). The minimum atomic E-state index is -0.170. The van der Waals surface area contributed by atoms with Gasteiger partial charge in [0.1, 0.15) is 0 Å². The van der Waals surface area contributed by atoms with E-state index < -0.39 is 0 Å². The highest BCUT2D eigenvalue weighted by molar-refractivity contribution is 7.12. The van der Waals surface area contributed by atoms with E-state index in [0.29, 0.717) is 22.7 Å². The second-order valence-corrected chi connectivity index (χ2v) is 8.05. The molecule has 0 saturated carbocycles. The van der Waals surface area contributed by atoms with E-state index in [2.05, 4.69) is 29.4 Å². The van der Waals surface area contributed by atoms with Crippen LogP contribution in [-0.2, 0) is 4.74 Å². The van der Waals surface area contributed by atoms with Crippen LogP contribution in [0, 0.1) is 0 Å². The summed E-state index contributed by atoms with van der Waals surface area (Å²) in [6.45, 7) is 7.97. The Kier molecular flexibility index (Phi) is 6.26. The van der Waals surface area contributed by atoms with E-state index in [1.165, 1.54) is 11.3 Å². The van der Waals surface area contributed by atoms with Gasteiger partial charge in [0.05, 0.1) is 18.1 Å². The molecule has 1 fully saturated rings. The minimum absolute atomic E-state index is 0.148. The lowest BCUT2D eigenvalue weighted by atomic mass is 10.0. The van der Waals surface area contributed by atoms with Crippen molar-refractivity contribution in [3.8, 4) is 0 Å². The predicted molar refractivity (Wildman–Crippen MR) is 108 cm³/mol. The summed E-state index contributed by atoms with van der Waals surface area (Å²) in [5, 5.41) is 7.70. The molecule has 27 heavy (non-hydrogen) atoms. The highest BCUT2D eigenvalue weighted by atomic mass is 32.1. The summed E-state index contributed by atoms with van der Waals surface area (Å²) in [6, 6.07) is 10.6. The fraction of sp³-hybridized carbons (Fsp3) is 0.400. The van der Waals surface area contributed by atoms with Crippen molar-refractivity contribution in [3.63, 3.8) is 0 Å². The van der Waals surface area contributed by atoms with Gasteiger partial charge in [-0.1, -0.05) is 12.1 Å². The molecule has 0 aliphatic carbocycles. The number of carbonyl (C=O) groups excluding carboxylic acids is 2. The van der Waals surface area contributed by atoms with E-state index in [9.17, 15) is 9.59 Å². The molecule has 1 aliphatic heterocycles. The zero-order chi connectivity index (χ0) is 19.3. The molecule has 0 unspecified atom stereocenters. The number of thiophene rings is 1. The van der Waals surface area contributed by atoms with Crippen LogP contribution in [0.4, 0.5) is 5.69 Å². The molecular weight excluding hydrogens is 362 g/mol. The van der Waals surface area contributed by atoms with E-state index in [4.69, 9.17) is 4.74 Å². The molecule has 1 aliphatic rings. The average molecular weight is 388 g/mol. The van der Waals surface area contributed by atoms with Gasteiger partial charge in [0.25, 0.3) is 11.8 Å². The molecule has 2 N–H and O–H groups in total. The van der Waals surface area contributed by atoms with Crippen molar-refractivity contribution in [1.82, 2.24) is 10.2 Å². The van der Waals surface area contributed by atoms with Crippen LogP contribution in [0.15, 0.2) is 41.8 Å². The highest BCUT2D eigenvalue weighted by Gasteiger charge is 2.28. The number of amides is 2. The van der Waals surface area contributed by atoms with Crippen molar-refractivity contribution < 1.29 is 14.3 Å². The van der Waals surface area contributed by atoms with Crippen LogP contribution in [0.25, 0.3) is 0 Å². The van der Waals surface area contributed by atoms with Crippen molar-refractivity contribution in [2.45, 2.75) is 19.4 Å². The molecule has 1 saturated heterocycles. The van der Waals surface area contributed by atoms with Gasteiger partial charge in [-0.2, -0.15) is 0 Å². The van der Waals surface area contributed by atoms with Gasteiger partial charge in [-0.25, -0.2) is 0 Å². The van der Waals surface area contributed by atoms with E-state index >= 15 is 0 Å². The lowest BCUT2D eigenvalue weighted by Crippen LogP contribution is -2.55. The van der Waals surface area contributed by atoms with Gasteiger partial charge in [-0.15, -0.1) is 11.3 Å². The monoisotopic (exact) mass is 387 g/mol. The Balaban J connectivity index is 1.59. The van der Waals surface area contributed by atoms with Crippen LogP contribution in [0.2, 0.25) is 0 Å². The summed E-state index contributed by atoms with van der Waals surface area (Å²) in [7, 11) is 0. The van der Waals surface area contributed by atoms with Crippen molar-refractivity contribution in [1.29, 1.82) is 0 Å². The summed E-state index contributed by atoms with van der Waals surface area (Å²) in [5.74, 6) is -0.320. The number of hydrogen-bond acceptors (Lipinski definition) is 5. The number of nitrogens with zero attached hydrogens (tertiary/aromatic N) is 1. The number of nitrogens with one attached hydrogen (secondary N) is 2. The molecule has 6 nitrogen and oxygen atoms in total. The predicted octanol–water partition coefficient (Wildman–Crippen LogP) is 2.84. The Bertz CT molecular complexity index is 784. The van der Waals surface area contributed by atoms with Gasteiger partial charge in [0.2, 0.25) is 0 Å². The van der Waals surface area contributed by atoms with Gasteiger partial charge < -0.3 is 15.4 Å². The number of hydrogen-bond donors (Lipinski definition) is 2. The number of morpholine rings is 1. The number of ether oxygens (including phenoxy) is 1. The maximum Gasteiger partial charge on any atom is 0.265 e. The molecule has 2 aromatic rings. The van der Waals surface area contributed by atoms with Crippen molar-refractivity contribution in [2.24, 2.45) is 0 Å². The molecule has 144 valence electrons. The molecule has 2 amide bonds. The molecule has 0 atom stereocenters. The first kappa shape index (κ1) is 19.5. The number of rotatable bonds is 6.